The fourth-order valence-corrected chi connectivity index (χ4v) is 6.24. The Labute approximate surface area is 338 Å². The standard InChI is InChI=1S/C43H71NO13/c1-3-5-7-9-11-13-14-15-16-17-18-19-21-23-25-27-35(48)44-31(32(47)26-24-22-20-12-10-8-6-4-2)30-54-42-40(53)38(51)41(34(29-46)56-42)57-43-39(52)37(50)36(49)33(28-45)55-43/h5,7,11,13,15-16,18-19,23-26,31-34,36-43,45-47,49-53H,3-4,6,8-10,12,14,17,20-22,27-30H2,1-2H3,(H,44,48)/b7-5-,13-11-,16-15-,19-18-,25-23-,26-24+. The summed E-state index contributed by atoms with van der Waals surface area (Å²) in [6.07, 6.45) is 18.6. The van der Waals surface area contributed by atoms with E-state index in [-0.39, 0.29) is 18.9 Å². The van der Waals surface area contributed by atoms with Crippen LogP contribution in [0.1, 0.15) is 97.3 Å². The van der Waals surface area contributed by atoms with E-state index >= 15 is 0 Å². The van der Waals surface area contributed by atoms with E-state index in [1.807, 2.05) is 18.2 Å². The summed E-state index contributed by atoms with van der Waals surface area (Å²) in [6.45, 7) is 2.49. The van der Waals surface area contributed by atoms with E-state index in [1.54, 1.807) is 12.2 Å². The van der Waals surface area contributed by atoms with E-state index in [0.717, 1.165) is 51.4 Å². The number of allylic oxidation sites excluding steroid dienone is 10. The highest BCUT2D eigenvalue weighted by Crippen LogP contribution is 2.29. The monoisotopic (exact) mass is 809 g/mol. The molecule has 2 heterocycles. The highest BCUT2D eigenvalue weighted by Gasteiger charge is 2.50. The first-order valence-electron chi connectivity index (χ1n) is 20.7. The highest BCUT2D eigenvalue weighted by molar-refractivity contribution is 5.77. The van der Waals surface area contributed by atoms with E-state index in [2.05, 4.69) is 61.7 Å². The molecule has 9 N–H and O–H groups in total. The zero-order valence-electron chi connectivity index (χ0n) is 33.8. The van der Waals surface area contributed by atoms with E-state index in [4.69, 9.17) is 18.9 Å². The largest absolute Gasteiger partial charge is 0.394 e. The fraction of sp³-hybridized carbons (Fsp3) is 0.698. The first-order valence-corrected chi connectivity index (χ1v) is 20.7. The lowest BCUT2D eigenvalue weighted by molar-refractivity contribution is -0.359. The summed E-state index contributed by atoms with van der Waals surface area (Å²) < 4.78 is 22.5. The van der Waals surface area contributed by atoms with Crippen LogP contribution in [0.4, 0.5) is 0 Å². The minimum atomic E-state index is -1.80. The Morgan fingerprint density at radius 2 is 1.19 bits per heavy atom. The van der Waals surface area contributed by atoms with Gasteiger partial charge in [0.1, 0.15) is 48.8 Å². The molecule has 326 valence electrons. The molecule has 2 aliphatic rings. The van der Waals surface area contributed by atoms with Crippen LogP contribution in [0.3, 0.4) is 0 Å². The molecule has 12 atom stereocenters. The fourth-order valence-electron chi connectivity index (χ4n) is 6.24. The van der Waals surface area contributed by atoms with E-state index < -0.39 is 86.8 Å². The number of carbonyl (C=O) groups is 1. The summed E-state index contributed by atoms with van der Waals surface area (Å²) in [6, 6.07) is -0.968. The van der Waals surface area contributed by atoms with Crippen molar-refractivity contribution in [3.8, 4) is 0 Å². The van der Waals surface area contributed by atoms with Gasteiger partial charge in [-0.1, -0.05) is 119 Å². The molecule has 12 unspecified atom stereocenters. The number of aliphatic hydroxyl groups excluding tert-OH is 8. The molecular formula is C43H71NO13. The summed E-state index contributed by atoms with van der Waals surface area (Å²) in [5.74, 6) is -0.375. The number of nitrogens with one attached hydrogen (secondary N) is 1. The van der Waals surface area contributed by atoms with Gasteiger partial charge in [-0.05, 0) is 44.9 Å². The number of carbonyl (C=O) groups excluding carboxylic acids is 1. The molecule has 0 aromatic rings. The van der Waals surface area contributed by atoms with Crippen molar-refractivity contribution in [1.29, 1.82) is 0 Å². The van der Waals surface area contributed by atoms with Gasteiger partial charge in [-0.2, -0.15) is 0 Å². The maximum Gasteiger partial charge on any atom is 0.224 e. The topological polar surface area (TPSA) is 228 Å². The van der Waals surface area contributed by atoms with Crippen molar-refractivity contribution >= 4 is 5.91 Å². The quantitative estimate of drug-likeness (QED) is 0.0410. The van der Waals surface area contributed by atoms with Gasteiger partial charge in [0.05, 0.1) is 32.0 Å². The second-order valence-electron chi connectivity index (χ2n) is 14.4. The van der Waals surface area contributed by atoms with Crippen molar-refractivity contribution in [1.82, 2.24) is 5.32 Å². The number of ether oxygens (including phenoxy) is 4. The molecule has 14 nitrogen and oxygen atoms in total. The second kappa shape index (κ2) is 30.5. The van der Waals surface area contributed by atoms with Crippen LogP contribution in [0.5, 0.6) is 0 Å². The van der Waals surface area contributed by atoms with Gasteiger partial charge in [-0.15, -0.1) is 0 Å². The van der Waals surface area contributed by atoms with Crippen molar-refractivity contribution in [2.75, 3.05) is 19.8 Å². The van der Waals surface area contributed by atoms with Crippen LogP contribution in [-0.2, 0) is 23.7 Å². The van der Waals surface area contributed by atoms with Crippen LogP contribution in [0, 0.1) is 0 Å². The molecule has 2 aliphatic heterocycles. The Balaban J connectivity index is 1.97. The van der Waals surface area contributed by atoms with Crippen molar-refractivity contribution < 1.29 is 64.6 Å². The second-order valence-corrected chi connectivity index (χ2v) is 14.4. The Morgan fingerprint density at radius 1 is 0.649 bits per heavy atom. The minimum Gasteiger partial charge on any atom is -0.394 e. The van der Waals surface area contributed by atoms with Gasteiger partial charge in [-0.3, -0.25) is 4.79 Å². The lowest BCUT2D eigenvalue weighted by Gasteiger charge is -2.46. The normalized spacial score (nSPS) is 29.9. The van der Waals surface area contributed by atoms with Gasteiger partial charge >= 0.3 is 0 Å². The number of amides is 1. The molecule has 14 heteroatoms. The zero-order valence-corrected chi connectivity index (χ0v) is 33.8. The van der Waals surface area contributed by atoms with Crippen LogP contribution in [0.25, 0.3) is 0 Å². The Morgan fingerprint density at radius 3 is 1.79 bits per heavy atom. The molecule has 0 aliphatic carbocycles. The van der Waals surface area contributed by atoms with E-state index in [0.29, 0.717) is 6.42 Å². The first kappa shape index (κ1) is 50.6. The van der Waals surface area contributed by atoms with Gasteiger partial charge in [0, 0.05) is 6.42 Å². The van der Waals surface area contributed by atoms with Gasteiger partial charge in [0.25, 0.3) is 0 Å². The van der Waals surface area contributed by atoms with Gasteiger partial charge in [-0.25, -0.2) is 0 Å². The predicted molar refractivity (Wildman–Crippen MR) is 216 cm³/mol. The molecule has 2 fully saturated rings. The minimum absolute atomic E-state index is 0.0447. The third-order valence-electron chi connectivity index (χ3n) is 9.68. The molecule has 2 rings (SSSR count). The molecule has 0 radical (unpaired) electrons. The maximum absolute atomic E-state index is 13.0. The number of hydrogen-bond acceptors (Lipinski definition) is 13. The molecule has 0 saturated carbocycles. The smallest absolute Gasteiger partial charge is 0.224 e. The first-order chi connectivity index (χ1) is 27.6. The number of unbranched alkanes of at least 4 members (excludes halogenated alkanes) is 6. The predicted octanol–water partition coefficient (Wildman–Crippen LogP) is 2.92. The van der Waals surface area contributed by atoms with Crippen LogP contribution in [0.2, 0.25) is 0 Å². The van der Waals surface area contributed by atoms with Crippen LogP contribution in [-0.4, -0.2) is 140 Å². The molecule has 2 saturated heterocycles. The number of aliphatic hydroxyl groups is 8. The molecule has 0 aromatic carbocycles. The third kappa shape index (κ3) is 19.4. The summed E-state index contributed by atoms with van der Waals surface area (Å²) in [7, 11) is 0. The molecular weight excluding hydrogens is 738 g/mol. The Bertz CT molecular complexity index is 1240. The third-order valence-corrected chi connectivity index (χ3v) is 9.68. The van der Waals surface area contributed by atoms with Crippen molar-refractivity contribution in [2.24, 2.45) is 0 Å². The van der Waals surface area contributed by atoms with E-state index in [1.165, 1.54) is 19.3 Å². The highest BCUT2D eigenvalue weighted by atomic mass is 16.7. The average molecular weight is 810 g/mol. The summed E-state index contributed by atoms with van der Waals surface area (Å²) in [4.78, 5) is 13.0. The molecule has 0 bridgehead atoms. The lowest BCUT2D eigenvalue weighted by Crippen LogP contribution is -2.65. The zero-order chi connectivity index (χ0) is 41.8. The SMILES string of the molecule is CC/C=C\C/C=C\C/C=C\C/C=C\C/C=C\CC(=O)NC(COC1OC(CO)C(OC2OC(CO)C(O)C(O)C2O)C(O)C1O)C(O)/C=C/CCCCCCCC. The van der Waals surface area contributed by atoms with Crippen LogP contribution < -0.4 is 5.32 Å². The Kier molecular flexibility index (Phi) is 27.0. The number of rotatable bonds is 28. The molecule has 1 amide bonds. The maximum atomic E-state index is 13.0. The van der Waals surface area contributed by atoms with Crippen molar-refractivity contribution in [2.45, 2.75) is 171 Å². The summed E-state index contributed by atoms with van der Waals surface area (Å²) >= 11 is 0. The van der Waals surface area contributed by atoms with Gasteiger partial charge in [0.2, 0.25) is 5.91 Å². The average Bonchev–Trinajstić information content (AvgIpc) is 3.21. The van der Waals surface area contributed by atoms with Gasteiger partial charge in [0.15, 0.2) is 12.6 Å². The van der Waals surface area contributed by atoms with Gasteiger partial charge < -0.3 is 65.1 Å². The molecule has 57 heavy (non-hydrogen) atoms. The van der Waals surface area contributed by atoms with Crippen LogP contribution in [0.15, 0.2) is 72.9 Å². The summed E-state index contributed by atoms with van der Waals surface area (Å²) in [5, 5.41) is 86.0. The van der Waals surface area contributed by atoms with Crippen molar-refractivity contribution in [3.05, 3.63) is 72.9 Å². The van der Waals surface area contributed by atoms with Crippen LogP contribution >= 0.6 is 0 Å². The number of hydrogen-bond donors (Lipinski definition) is 9. The lowest BCUT2D eigenvalue weighted by atomic mass is 9.97. The van der Waals surface area contributed by atoms with E-state index in [9.17, 15) is 45.6 Å². The summed E-state index contributed by atoms with van der Waals surface area (Å²) in [5.41, 5.74) is 0. The van der Waals surface area contributed by atoms with Crippen molar-refractivity contribution in [3.63, 3.8) is 0 Å². The molecule has 0 aromatic heterocycles. The Hall–Kier alpha value is -2.57. The molecule has 0 spiro atoms.